The number of alkyl carbamates (subject to hydrolysis) is 1. The van der Waals surface area contributed by atoms with Crippen LogP contribution < -0.4 is 19.9 Å². The fraction of sp³-hybridized carbons (Fsp3) is 0.333. The average Bonchev–Trinajstić information content (AvgIpc) is 3.46. The van der Waals surface area contributed by atoms with Crippen LogP contribution in [0, 0.1) is 12.7 Å². The molecule has 10 nitrogen and oxygen atoms in total. The van der Waals surface area contributed by atoms with Gasteiger partial charge in [0, 0.05) is 25.4 Å². The van der Waals surface area contributed by atoms with E-state index in [4.69, 9.17) is 14.2 Å². The number of hydrogen-bond donors (Lipinski definition) is 1. The number of nitrogens with one attached hydrogen (secondary N) is 1. The fourth-order valence-electron chi connectivity index (χ4n) is 4.24. The van der Waals surface area contributed by atoms with E-state index in [0.29, 0.717) is 36.6 Å². The molecule has 2 amide bonds. The number of aryl methyl sites for hydroxylation is 1. The molecule has 2 fully saturated rings. The van der Waals surface area contributed by atoms with Crippen LogP contribution in [0.5, 0.6) is 5.88 Å². The summed E-state index contributed by atoms with van der Waals surface area (Å²) in [5.74, 6) is 0.0662. The number of ether oxygens (including phenoxy) is 3. The van der Waals surface area contributed by atoms with Crippen molar-refractivity contribution in [3.8, 4) is 5.88 Å². The van der Waals surface area contributed by atoms with Crippen LogP contribution in [0.3, 0.4) is 0 Å². The normalized spacial score (nSPS) is 19.7. The Morgan fingerprint density at radius 3 is 2.89 bits per heavy atom. The first-order chi connectivity index (χ1) is 16.9. The molecule has 35 heavy (non-hydrogen) atoms. The number of pyridine rings is 2. The third-order valence-corrected chi connectivity index (χ3v) is 6.09. The molecular weight excluding hydrogens is 457 g/mol. The Hall–Kier alpha value is -4.15. The molecule has 182 valence electrons. The van der Waals surface area contributed by atoms with Crippen LogP contribution in [0.1, 0.15) is 12.0 Å². The number of nitrogens with zero attached hydrogens (tertiary/aromatic N) is 4. The number of cyclic esters (lactones) is 1. The fourth-order valence-corrected chi connectivity index (χ4v) is 4.24. The summed E-state index contributed by atoms with van der Waals surface area (Å²) in [6.07, 6.45) is -0.0648. The average molecular weight is 481 g/mol. The topological polar surface area (TPSA) is 106 Å². The Kier molecular flexibility index (Phi) is 5.98. The lowest BCUT2D eigenvalue weighted by Gasteiger charge is -2.20. The standard InChI is InChI=1S/C24H24FN5O5/c1-14-3-4-16(11-17(14)25)30-13-21(35-24(30)32)34-23(31)27-15-8-10-29(12-15)19-7-9-26-18-5-6-20(33-2)28-22(18)19/h3-7,9,11,15,21H,8,10,12-13H2,1-2H3,(H,27,31)/t15-,21-/m0/s1. The summed E-state index contributed by atoms with van der Waals surface area (Å²) in [5, 5.41) is 2.83. The lowest BCUT2D eigenvalue weighted by Crippen LogP contribution is -2.39. The maximum Gasteiger partial charge on any atom is 0.417 e. The molecule has 4 heterocycles. The van der Waals surface area contributed by atoms with Gasteiger partial charge in [-0.05, 0) is 43.2 Å². The highest BCUT2D eigenvalue weighted by molar-refractivity contribution is 5.90. The number of fused-ring (bicyclic) bond motifs is 1. The van der Waals surface area contributed by atoms with E-state index in [9.17, 15) is 14.0 Å². The first kappa shape index (κ1) is 22.6. The summed E-state index contributed by atoms with van der Waals surface area (Å²) < 4.78 is 29.6. The Morgan fingerprint density at radius 1 is 1.23 bits per heavy atom. The van der Waals surface area contributed by atoms with Crippen molar-refractivity contribution in [2.45, 2.75) is 25.7 Å². The highest BCUT2D eigenvalue weighted by atomic mass is 19.1. The van der Waals surface area contributed by atoms with E-state index < -0.39 is 24.3 Å². The van der Waals surface area contributed by atoms with Crippen molar-refractivity contribution >= 4 is 34.6 Å². The van der Waals surface area contributed by atoms with Crippen LogP contribution >= 0.6 is 0 Å². The number of halogens is 1. The minimum Gasteiger partial charge on any atom is -0.481 e. The number of rotatable bonds is 5. The van der Waals surface area contributed by atoms with Gasteiger partial charge >= 0.3 is 12.2 Å². The molecular formula is C24H24FN5O5. The Bertz CT molecular complexity index is 1290. The van der Waals surface area contributed by atoms with Crippen molar-refractivity contribution in [1.29, 1.82) is 0 Å². The number of hydrogen-bond acceptors (Lipinski definition) is 8. The summed E-state index contributed by atoms with van der Waals surface area (Å²) in [7, 11) is 1.56. The van der Waals surface area contributed by atoms with E-state index in [-0.39, 0.29) is 12.6 Å². The van der Waals surface area contributed by atoms with Crippen molar-refractivity contribution < 1.29 is 28.2 Å². The monoisotopic (exact) mass is 481 g/mol. The van der Waals surface area contributed by atoms with Crippen LogP contribution in [0.15, 0.2) is 42.6 Å². The molecule has 5 rings (SSSR count). The van der Waals surface area contributed by atoms with Crippen molar-refractivity contribution in [3.05, 3.63) is 54.0 Å². The number of amides is 2. The van der Waals surface area contributed by atoms with Gasteiger partial charge in [-0.15, -0.1) is 0 Å². The van der Waals surface area contributed by atoms with Gasteiger partial charge in [0.05, 0.1) is 30.0 Å². The lowest BCUT2D eigenvalue weighted by atomic mass is 10.2. The molecule has 0 saturated carbocycles. The van der Waals surface area contributed by atoms with Gasteiger partial charge in [-0.2, -0.15) is 0 Å². The summed E-state index contributed by atoms with van der Waals surface area (Å²) >= 11 is 0. The Morgan fingerprint density at radius 2 is 2.09 bits per heavy atom. The quantitative estimate of drug-likeness (QED) is 0.591. The van der Waals surface area contributed by atoms with Crippen molar-refractivity contribution in [2.24, 2.45) is 0 Å². The molecule has 2 aliphatic rings. The highest BCUT2D eigenvalue weighted by Crippen LogP contribution is 2.29. The van der Waals surface area contributed by atoms with Crippen LogP contribution in [0.25, 0.3) is 11.0 Å². The zero-order valence-corrected chi connectivity index (χ0v) is 19.2. The number of carbonyl (C=O) groups is 2. The van der Waals surface area contributed by atoms with Crippen LogP contribution in [-0.4, -0.2) is 61.2 Å². The smallest absolute Gasteiger partial charge is 0.417 e. The van der Waals surface area contributed by atoms with Gasteiger partial charge in [0.2, 0.25) is 5.88 Å². The van der Waals surface area contributed by atoms with Gasteiger partial charge in [-0.25, -0.2) is 19.0 Å². The molecule has 2 aromatic heterocycles. The van der Waals surface area contributed by atoms with Gasteiger partial charge < -0.3 is 24.4 Å². The molecule has 2 saturated heterocycles. The van der Waals surface area contributed by atoms with E-state index >= 15 is 0 Å². The molecule has 0 bridgehead atoms. The van der Waals surface area contributed by atoms with Gasteiger partial charge in [0.15, 0.2) is 0 Å². The molecule has 2 aliphatic heterocycles. The minimum atomic E-state index is -1.09. The van der Waals surface area contributed by atoms with E-state index in [1.54, 1.807) is 38.4 Å². The van der Waals surface area contributed by atoms with Crippen LogP contribution in [0.4, 0.5) is 25.4 Å². The van der Waals surface area contributed by atoms with E-state index in [0.717, 1.165) is 16.7 Å². The van der Waals surface area contributed by atoms with Crippen LogP contribution in [-0.2, 0) is 9.47 Å². The van der Waals surface area contributed by atoms with Gasteiger partial charge in [0.25, 0.3) is 6.29 Å². The molecule has 1 aromatic carbocycles. The van der Waals surface area contributed by atoms with Crippen molar-refractivity contribution in [2.75, 3.05) is 36.5 Å². The zero-order chi connectivity index (χ0) is 24.5. The van der Waals surface area contributed by atoms with E-state index in [2.05, 4.69) is 20.2 Å². The van der Waals surface area contributed by atoms with E-state index in [1.165, 1.54) is 11.0 Å². The number of carbonyl (C=O) groups excluding carboxylic acids is 2. The third-order valence-electron chi connectivity index (χ3n) is 6.09. The summed E-state index contributed by atoms with van der Waals surface area (Å²) in [4.78, 5) is 36.9. The van der Waals surface area contributed by atoms with E-state index in [1.807, 2.05) is 12.1 Å². The largest absolute Gasteiger partial charge is 0.481 e. The second-order valence-electron chi connectivity index (χ2n) is 8.39. The number of aromatic nitrogens is 2. The summed E-state index contributed by atoms with van der Waals surface area (Å²) in [6, 6.07) is 9.76. The second-order valence-corrected chi connectivity index (χ2v) is 8.39. The highest BCUT2D eigenvalue weighted by Gasteiger charge is 2.36. The third kappa shape index (κ3) is 4.61. The first-order valence-corrected chi connectivity index (χ1v) is 11.2. The maximum absolute atomic E-state index is 13.9. The van der Waals surface area contributed by atoms with Gasteiger partial charge in [-0.1, -0.05) is 6.07 Å². The minimum absolute atomic E-state index is 0.0257. The SMILES string of the molecule is COc1ccc2nccc(N3CC[C@H](NC(=O)O[C@@H]4CN(c5ccc(C)c(F)c5)C(=O)O4)C3)c2n1. The molecule has 0 unspecified atom stereocenters. The summed E-state index contributed by atoms with van der Waals surface area (Å²) in [6.45, 7) is 2.86. The molecule has 11 heteroatoms. The Labute approximate surface area is 200 Å². The molecule has 3 aromatic rings. The second kappa shape index (κ2) is 9.24. The maximum atomic E-state index is 13.9. The molecule has 0 radical (unpaired) electrons. The predicted octanol–water partition coefficient (Wildman–Crippen LogP) is 3.37. The Balaban J connectivity index is 1.19. The number of methoxy groups -OCH3 is 1. The predicted molar refractivity (Wildman–Crippen MR) is 125 cm³/mol. The molecule has 1 N–H and O–H groups in total. The number of benzene rings is 1. The van der Waals surface area contributed by atoms with Crippen molar-refractivity contribution in [1.82, 2.24) is 15.3 Å². The van der Waals surface area contributed by atoms with Gasteiger partial charge in [-0.3, -0.25) is 9.88 Å². The lowest BCUT2D eigenvalue weighted by molar-refractivity contribution is -0.0299. The van der Waals surface area contributed by atoms with Gasteiger partial charge in [0.1, 0.15) is 17.9 Å². The first-order valence-electron chi connectivity index (χ1n) is 11.2. The molecule has 2 atom stereocenters. The van der Waals surface area contributed by atoms with Crippen LogP contribution in [0.2, 0.25) is 0 Å². The molecule has 0 aliphatic carbocycles. The molecule has 0 spiro atoms. The summed E-state index contributed by atoms with van der Waals surface area (Å²) in [5.41, 5.74) is 3.18. The van der Waals surface area contributed by atoms with Crippen molar-refractivity contribution in [3.63, 3.8) is 0 Å². The number of anilines is 2. The zero-order valence-electron chi connectivity index (χ0n) is 19.2.